The van der Waals surface area contributed by atoms with E-state index in [1.165, 1.54) is 20.2 Å². The Labute approximate surface area is 118 Å². The molecule has 0 aliphatic carbocycles. The lowest BCUT2D eigenvalue weighted by Gasteiger charge is -2.20. The number of halogens is 1. The molecule has 0 aliphatic rings. The zero-order chi connectivity index (χ0) is 14.6. The third-order valence-electron chi connectivity index (χ3n) is 2.60. The van der Waals surface area contributed by atoms with Crippen LogP contribution >= 0.6 is 11.6 Å². The fourth-order valence-electron chi connectivity index (χ4n) is 1.62. The van der Waals surface area contributed by atoms with Gasteiger partial charge < -0.3 is 9.84 Å². The Morgan fingerprint density at radius 2 is 2.11 bits per heavy atom. The third kappa shape index (κ3) is 4.15. The minimum Gasteiger partial charge on any atom is -0.389 e. The van der Waals surface area contributed by atoms with Crippen LogP contribution in [0.1, 0.15) is 5.56 Å². The number of aliphatic hydroxyl groups is 1. The van der Waals surface area contributed by atoms with Gasteiger partial charge in [-0.3, -0.25) is 0 Å². The van der Waals surface area contributed by atoms with E-state index >= 15 is 0 Å². The van der Waals surface area contributed by atoms with Gasteiger partial charge in [-0.15, -0.1) is 0 Å². The molecule has 1 N–H and O–H groups in total. The molecule has 1 aromatic carbocycles. The largest absolute Gasteiger partial charge is 0.389 e. The SMILES string of the molecule is COCC(O)CN(C)S(=O)(=O)c1ccc(C)cc1Cl. The van der Waals surface area contributed by atoms with Crippen molar-refractivity contribution >= 4 is 21.6 Å². The zero-order valence-electron chi connectivity index (χ0n) is 11.1. The summed E-state index contributed by atoms with van der Waals surface area (Å²) in [5.41, 5.74) is 0.881. The second kappa shape index (κ2) is 6.67. The molecular formula is C12H18ClNO4S. The van der Waals surface area contributed by atoms with E-state index in [1.54, 1.807) is 12.1 Å². The van der Waals surface area contributed by atoms with E-state index in [0.717, 1.165) is 9.87 Å². The number of hydrogen-bond acceptors (Lipinski definition) is 4. The van der Waals surface area contributed by atoms with E-state index in [9.17, 15) is 13.5 Å². The molecule has 0 radical (unpaired) electrons. The number of nitrogens with zero attached hydrogens (tertiary/aromatic N) is 1. The number of aliphatic hydroxyl groups excluding tert-OH is 1. The Kier molecular flexibility index (Phi) is 5.76. The second-order valence-electron chi connectivity index (χ2n) is 4.33. The van der Waals surface area contributed by atoms with Gasteiger partial charge in [-0.1, -0.05) is 17.7 Å². The Balaban J connectivity index is 2.97. The van der Waals surface area contributed by atoms with E-state index in [4.69, 9.17) is 16.3 Å². The lowest BCUT2D eigenvalue weighted by molar-refractivity contribution is 0.0554. The number of aryl methyl sites for hydroxylation is 1. The van der Waals surface area contributed by atoms with Crippen LogP contribution in [0.2, 0.25) is 5.02 Å². The maximum absolute atomic E-state index is 12.3. The molecule has 0 bridgehead atoms. The fourth-order valence-corrected chi connectivity index (χ4v) is 3.40. The zero-order valence-corrected chi connectivity index (χ0v) is 12.7. The molecule has 0 saturated heterocycles. The Hall–Kier alpha value is -0.660. The number of benzene rings is 1. The van der Waals surface area contributed by atoms with Crippen molar-refractivity contribution in [2.75, 3.05) is 27.3 Å². The van der Waals surface area contributed by atoms with E-state index in [0.29, 0.717) is 0 Å². The molecule has 0 saturated carbocycles. The normalized spacial score (nSPS) is 13.8. The highest BCUT2D eigenvalue weighted by Crippen LogP contribution is 2.25. The van der Waals surface area contributed by atoms with Crippen molar-refractivity contribution < 1.29 is 18.3 Å². The summed E-state index contributed by atoms with van der Waals surface area (Å²) in [5.74, 6) is 0. The summed E-state index contributed by atoms with van der Waals surface area (Å²) in [7, 11) is -0.882. The Bertz CT molecular complexity index is 533. The molecular weight excluding hydrogens is 290 g/mol. The third-order valence-corrected chi connectivity index (χ3v) is 4.91. The van der Waals surface area contributed by atoms with Gasteiger partial charge >= 0.3 is 0 Å². The van der Waals surface area contributed by atoms with Gasteiger partial charge in [-0.2, -0.15) is 4.31 Å². The summed E-state index contributed by atoms with van der Waals surface area (Å²) in [6.07, 6.45) is -0.881. The summed E-state index contributed by atoms with van der Waals surface area (Å²) in [4.78, 5) is 0.0342. The highest BCUT2D eigenvalue weighted by molar-refractivity contribution is 7.89. The average molecular weight is 308 g/mol. The standard InChI is InChI=1S/C12H18ClNO4S/c1-9-4-5-12(11(13)6-9)19(16,17)14(2)7-10(15)8-18-3/h4-6,10,15H,7-8H2,1-3H3. The number of sulfonamides is 1. The van der Waals surface area contributed by atoms with Gasteiger partial charge in [-0.05, 0) is 24.6 Å². The summed E-state index contributed by atoms with van der Waals surface area (Å²) in [6, 6.07) is 4.73. The number of rotatable bonds is 6. The van der Waals surface area contributed by atoms with Crippen molar-refractivity contribution in [3.05, 3.63) is 28.8 Å². The van der Waals surface area contributed by atoms with Gasteiger partial charge in [0.2, 0.25) is 10.0 Å². The van der Waals surface area contributed by atoms with Crippen LogP contribution in [0.5, 0.6) is 0 Å². The van der Waals surface area contributed by atoms with Crippen LogP contribution in [0.3, 0.4) is 0 Å². The van der Waals surface area contributed by atoms with E-state index < -0.39 is 16.1 Å². The maximum Gasteiger partial charge on any atom is 0.244 e. The van der Waals surface area contributed by atoms with Crippen molar-refractivity contribution in [1.29, 1.82) is 0 Å². The molecule has 1 unspecified atom stereocenters. The highest BCUT2D eigenvalue weighted by atomic mass is 35.5. The van der Waals surface area contributed by atoms with Crippen LogP contribution in [0.25, 0.3) is 0 Å². The smallest absolute Gasteiger partial charge is 0.244 e. The van der Waals surface area contributed by atoms with Gasteiger partial charge in [0, 0.05) is 20.7 Å². The van der Waals surface area contributed by atoms with Crippen LogP contribution in [-0.2, 0) is 14.8 Å². The lowest BCUT2D eigenvalue weighted by atomic mass is 10.2. The van der Waals surface area contributed by atoms with Gasteiger partial charge in [-0.25, -0.2) is 8.42 Å². The first kappa shape index (κ1) is 16.4. The Morgan fingerprint density at radius 3 is 2.63 bits per heavy atom. The number of hydrogen-bond donors (Lipinski definition) is 1. The first-order chi connectivity index (χ1) is 8.78. The van der Waals surface area contributed by atoms with Crippen molar-refractivity contribution in [2.45, 2.75) is 17.9 Å². The Morgan fingerprint density at radius 1 is 1.47 bits per heavy atom. The van der Waals surface area contributed by atoms with Gasteiger partial charge in [0.25, 0.3) is 0 Å². The molecule has 19 heavy (non-hydrogen) atoms. The highest BCUT2D eigenvalue weighted by Gasteiger charge is 2.25. The van der Waals surface area contributed by atoms with Crippen molar-refractivity contribution in [1.82, 2.24) is 4.31 Å². The molecule has 1 aromatic rings. The van der Waals surface area contributed by atoms with Crippen LogP contribution in [-0.4, -0.2) is 51.2 Å². The summed E-state index contributed by atoms with van der Waals surface area (Å²) < 4.78 is 30.4. The van der Waals surface area contributed by atoms with Crippen LogP contribution in [0, 0.1) is 6.92 Å². The molecule has 1 atom stereocenters. The molecule has 1 rings (SSSR count). The molecule has 0 heterocycles. The molecule has 108 valence electrons. The molecule has 0 aliphatic heterocycles. The van der Waals surface area contributed by atoms with Gasteiger partial charge in [0.05, 0.1) is 17.7 Å². The summed E-state index contributed by atoms with van der Waals surface area (Å²) in [6.45, 7) is 1.84. The summed E-state index contributed by atoms with van der Waals surface area (Å²) >= 11 is 5.96. The predicted octanol–water partition coefficient (Wildman–Crippen LogP) is 1.28. The molecule has 0 amide bonds. The molecule has 0 fully saturated rings. The predicted molar refractivity (Wildman–Crippen MR) is 73.9 cm³/mol. The maximum atomic E-state index is 12.3. The summed E-state index contributed by atoms with van der Waals surface area (Å²) in [5, 5.41) is 9.75. The molecule has 0 aromatic heterocycles. The number of likely N-dealkylation sites (N-methyl/N-ethyl adjacent to an activating group) is 1. The van der Waals surface area contributed by atoms with E-state index in [-0.39, 0.29) is 23.1 Å². The van der Waals surface area contributed by atoms with Crippen LogP contribution in [0.15, 0.2) is 23.1 Å². The van der Waals surface area contributed by atoms with Crippen molar-refractivity contribution in [3.63, 3.8) is 0 Å². The average Bonchev–Trinajstić information content (AvgIpc) is 2.28. The van der Waals surface area contributed by atoms with Gasteiger partial charge in [0.15, 0.2) is 0 Å². The second-order valence-corrected chi connectivity index (χ2v) is 6.75. The minimum atomic E-state index is -3.71. The van der Waals surface area contributed by atoms with E-state index in [2.05, 4.69) is 0 Å². The van der Waals surface area contributed by atoms with Crippen molar-refractivity contribution in [3.8, 4) is 0 Å². The quantitative estimate of drug-likeness (QED) is 0.859. The fraction of sp³-hybridized carbons (Fsp3) is 0.500. The number of ether oxygens (including phenoxy) is 1. The first-order valence-electron chi connectivity index (χ1n) is 5.68. The molecule has 0 spiro atoms. The first-order valence-corrected chi connectivity index (χ1v) is 7.50. The molecule has 7 heteroatoms. The topological polar surface area (TPSA) is 66.8 Å². The van der Waals surface area contributed by atoms with Crippen LogP contribution < -0.4 is 0 Å². The number of methoxy groups -OCH3 is 1. The van der Waals surface area contributed by atoms with Crippen LogP contribution in [0.4, 0.5) is 0 Å². The minimum absolute atomic E-state index is 0.0342. The monoisotopic (exact) mass is 307 g/mol. The van der Waals surface area contributed by atoms with Crippen molar-refractivity contribution in [2.24, 2.45) is 0 Å². The van der Waals surface area contributed by atoms with Gasteiger partial charge in [0.1, 0.15) is 4.90 Å². The molecule has 5 nitrogen and oxygen atoms in total. The lowest BCUT2D eigenvalue weighted by Crippen LogP contribution is -2.36. The van der Waals surface area contributed by atoms with E-state index in [1.807, 2.05) is 6.92 Å².